The van der Waals surface area contributed by atoms with Crippen LogP contribution in [0.25, 0.3) is 0 Å². The standard InChI is InChI=1S/C42H86N2/c1-33(2)31-41(9)27-19-21-35(5)39(41)25-23-37(7)43(11,12)29-17-15-16-18-30-44(13,14)38(8)24-26-40-36(6)22-20-28-42(40,10)32-34(3)4/h33-40H,15-32H2,1-14H3/q+2. The second-order valence-electron chi connectivity index (χ2n) is 19.7. The predicted molar refractivity (Wildman–Crippen MR) is 198 cm³/mol. The smallest absolute Gasteiger partial charge is 0.0857 e. The van der Waals surface area contributed by atoms with Crippen molar-refractivity contribution < 1.29 is 8.97 Å². The molecule has 0 aliphatic heterocycles. The van der Waals surface area contributed by atoms with Crippen LogP contribution in [-0.4, -0.2) is 62.3 Å². The Kier molecular flexibility index (Phi) is 15.8. The highest BCUT2D eigenvalue weighted by atomic mass is 15.3. The van der Waals surface area contributed by atoms with E-state index in [-0.39, 0.29) is 0 Å². The van der Waals surface area contributed by atoms with E-state index in [1.165, 1.54) is 125 Å². The van der Waals surface area contributed by atoms with Crippen LogP contribution in [0, 0.1) is 46.3 Å². The Labute approximate surface area is 280 Å². The monoisotopic (exact) mass is 619 g/mol. The van der Waals surface area contributed by atoms with Crippen LogP contribution < -0.4 is 0 Å². The first kappa shape index (κ1) is 40.1. The number of quaternary nitrogens is 2. The number of rotatable bonds is 19. The van der Waals surface area contributed by atoms with Gasteiger partial charge in [-0.2, -0.15) is 0 Å². The van der Waals surface area contributed by atoms with Gasteiger partial charge in [0.2, 0.25) is 0 Å². The first-order chi connectivity index (χ1) is 20.3. The molecule has 2 nitrogen and oxygen atoms in total. The summed E-state index contributed by atoms with van der Waals surface area (Å²) < 4.78 is 2.41. The number of unbranched alkanes of at least 4 members (excludes halogenated alkanes) is 3. The maximum atomic E-state index is 2.64. The van der Waals surface area contributed by atoms with Crippen molar-refractivity contribution in [1.82, 2.24) is 0 Å². The van der Waals surface area contributed by atoms with Gasteiger partial charge >= 0.3 is 0 Å². The Balaban J connectivity index is 1.74. The summed E-state index contributed by atoms with van der Waals surface area (Å²) in [7, 11) is 10.1. The molecule has 0 N–H and O–H groups in total. The summed E-state index contributed by atoms with van der Waals surface area (Å²) in [6.45, 7) is 27.9. The molecule has 2 aliphatic rings. The van der Waals surface area contributed by atoms with Crippen molar-refractivity contribution in [2.45, 2.75) is 184 Å². The van der Waals surface area contributed by atoms with Gasteiger partial charge in [0.1, 0.15) is 0 Å². The van der Waals surface area contributed by atoms with Crippen molar-refractivity contribution >= 4 is 0 Å². The molecule has 262 valence electrons. The highest BCUT2D eigenvalue weighted by molar-refractivity contribution is 4.91. The van der Waals surface area contributed by atoms with E-state index in [1.54, 1.807) is 0 Å². The van der Waals surface area contributed by atoms with Gasteiger partial charge in [-0.15, -0.1) is 0 Å². The topological polar surface area (TPSA) is 0 Å². The molecular formula is C42H86N2+2. The number of nitrogens with zero attached hydrogens (tertiary/aromatic N) is 2. The van der Waals surface area contributed by atoms with Crippen molar-refractivity contribution in [1.29, 1.82) is 0 Å². The van der Waals surface area contributed by atoms with Gasteiger partial charge in [0.25, 0.3) is 0 Å². The van der Waals surface area contributed by atoms with Crippen molar-refractivity contribution in [3.8, 4) is 0 Å². The molecule has 0 radical (unpaired) electrons. The lowest BCUT2D eigenvalue weighted by Gasteiger charge is -2.47. The molecule has 8 atom stereocenters. The number of hydrogen-bond donors (Lipinski definition) is 0. The molecule has 2 aliphatic carbocycles. The average Bonchev–Trinajstić information content (AvgIpc) is 2.88. The van der Waals surface area contributed by atoms with E-state index in [2.05, 4.69) is 97.4 Å². The van der Waals surface area contributed by atoms with Gasteiger partial charge in [-0.05, 0) is 137 Å². The third kappa shape index (κ3) is 11.9. The minimum Gasteiger partial charge on any atom is -0.326 e. The molecule has 0 aromatic rings. The lowest BCUT2D eigenvalue weighted by atomic mass is 9.59. The summed E-state index contributed by atoms with van der Waals surface area (Å²) in [6.07, 6.45) is 22.8. The average molecular weight is 619 g/mol. The van der Waals surface area contributed by atoms with Gasteiger partial charge in [-0.25, -0.2) is 0 Å². The Hall–Kier alpha value is -0.0800. The van der Waals surface area contributed by atoms with Crippen LogP contribution in [0.2, 0.25) is 0 Å². The lowest BCUT2D eigenvalue weighted by molar-refractivity contribution is -0.914. The molecule has 2 fully saturated rings. The van der Waals surface area contributed by atoms with Crippen molar-refractivity contribution in [2.75, 3.05) is 41.3 Å². The Morgan fingerprint density at radius 1 is 0.568 bits per heavy atom. The summed E-state index contributed by atoms with van der Waals surface area (Å²) in [6, 6.07) is 1.52. The molecule has 8 unspecified atom stereocenters. The van der Waals surface area contributed by atoms with Gasteiger partial charge in [-0.1, -0.05) is 81.1 Å². The molecule has 0 spiro atoms. The summed E-state index contributed by atoms with van der Waals surface area (Å²) in [5.41, 5.74) is 1.13. The van der Waals surface area contributed by atoms with E-state index < -0.39 is 0 Å². The van der Waals surface area contributed by atoms with Crippen LogP contribution in [0.15, 0.2) is 0 Å². The Morgan fingerprint density at radius 3 is 1.23 bits per heavy atom. The van der Waals surface area contributed by atoms with Gasteiger partial charge in [-0.3, -0.25) is 0 Å². The molecule has 2 rings (SSSR count). The van der Waals surface area contributed by atoms with Crippen LogP contribution in [-0.2, 0) is 0 Å². The van der Waals surface area contributed by atoms with E-state index >= 15 is 0 Å². The van der Waals surface area contributed by atoms with Crippen molar-refractivity contribution in [3.05, 3.63) is 0 Å². The van der Waals surface area contributed by atoms with E-state index in [0.717, 1.165) is 47.6 Å². The fraction of sp³-hybridized carbons (Fsp3) is 1.00. The van der Waals surface area contributed by atoms with Crippen LogP contribution in [0.5, 0.6) is 0 Å². The first-order valence-electron chi connectivity index (χ1n) is 20.0. The van der Waals surface area contributed by atoms with E-state index in [4.69, 9.17) is 0 Å². The largest absolute Gasteiger partial charge is 0.326 e. The molecule has 0 heterocycles. The second-order valence-corrected chi connectivity index (χ2v) is 19.7. The predicted octanol–water partition coefficient (Wildman–Crippen LogP) is 12.0. The molecule has 44 heavy (non-hydrogen) atoms. The second kappa shape index (κ2) is 17.4. The summed E-state index contributed by atoms with van der Waals surface area (Å²) in [5, 5.41) is 0. The summed E-state index contributed by atoms with van der Waals surface area (Å²) in [4.78, 5) is 0. The quantitative estimate of drug-likeness (QED) is 0.0997. The van der Waals surface area contributed by atoms with Crippen molar-refractivity contribution in [2.24, 2.45) is 46.3 Å². The van der Waals surface area contributed by atoms with Crippen LogP contribution in [0.1, 0.15) is 172 Å². The van der Waals surface area contributed by atoms with Gasteiger partial charge < -0.3 is 8.97 Å². The van der Waals surface area contributed by atoms with Gasteiger partial charge in [0, 0.05) is 0 Å². The highest BCUT2D eigenvalue weighted by Gasteiger charge is 2.42. The van der Waals surface area contributed by atoms with Crippen LogP contribution in [0.4, 0.5) is 0 Å². The van der Waals surface area contributed by atoms with Gasteiger partial charge in [0.05, 0.1) is 53.4 Å². The molecule has 0 aromatic heterocycles. The fourth-order valence-electron chi connectivity index (χ4n) is 10.8. The molecule has 0 saturated heterocycles. The molecule has 2 heteroatoms. The van der Waals surface area contributed by atoms with Crippen molar-refractivity contribution in [3.63, 3.8) is 0 Å². The Bertz CT molecular complexity index is 732. The third-order valence-electron chi connectivity index (χ3n) is 14.1. The minimum absolute atomic E-state index is 0.565. The maximum Gasteiger partial charge on any atom is 0.0857 e. The molecule has 2 saturated carbocycles. The van der Waals surface area contributed by atoms with E-state index in [0.29, 0.717) is 10.8 Å². The maximum absolute atomic E-state index is 2.64. The van der Waals surface area contributed by atoms with E-state index in [9.17, 15) is 0 Å². The molecule has 0 amide bonds. The minimum atomic E-state index is 0.565. The zero-order valence-corrected chi connectivity index (χ0v) is 33.2. The highest BCUT2D eigenvalue weighted by Crippen LogP contribution is 2.51. The third-order valence-corrected chi connectivity index (χ3v) is 14.1. The van der Waals surface area contributed by atoms with Crippen LogP contribution >= 0.6 is 0 Å². The molecule has 0 aromatic carbocycles. The zero-order chi connectivity index (χ0) is 33.3. The molecule has 0 bridgehead atoms. The Morgan fingerprint density at radius 2 is 0.909 bits per heavy atom. The van der Waals surface area contributed by atoms with E-state index in [1.807, 2.05) is 0 Å². The van der Waals surface area contributed by atoms with Gasteiger partial charge in [0.15, 0.2) is 0 Å². The zero-order valence-electron chi connectivity index (χ0n) is 33.2. The summed E-state index contributed by atoms with van der Waals surface area (Å²) in [5.74, 6) is 5.28. The molecular weight excluding hydrogens is 532 g/mol. The number of hydrogen-bond acceptors (Lipinski definition) is 0. The normalized spacial score (nSPS) is 31.9. The fourth-order valence-corrected chi connectivity index (χ4v) is 10.8. The SMILES string of the molecule is CC(C)CC1(C)CCCC(C)C1CCC(C)[N+](C)(C)CCCCCC[N+](C)(C)C(C)CCC1C(C)CCCC1(C)CC(C)C. The summed E-state index contributed by atoms with van der Waals surface area (Å²) >= 11 is 0. The van der Waals surface area contributed by atoms with Crippen LogP contribution in [0.3, 0.4) is 0 Å². The first-order valence-corrected chi connectivity index (χ1v) is 20.0. The lowest BCUT2D eigenvalue weighted by Crippen LogP contribution is -2.49.